The summed E-state index contributed by atoms with van der Waals surface area (Å²) in [6.07, 6.45) is 7.16. The first-order valence-electron chi connectivity index (χ1n) is 8.56. The Morgan fingerprint density at radius 3 is 2.47 bits per heavy atom. The lowest BCUT2D eigenvalue weighted by Crippen LogP contribution is -2.65. The van der Waals surface area contributed by atoms with E-state index in [-0.39, 0.29) is 0 Å². The fraction of sp³-hybridized carbons (Fsp3) is 1.00. The highest BCUT2D eigenvalue weighted by Crippen LogP contribution is 2.44. The maximum atomic E-state index is 3.86. The molecule has 1 heterocycles. The van der Waals surface area contributed by atoms with Gasteiger partial charge in [-0.15, -0.1) is 0 Å². The van der Waals surface area contributed by atoms with E-state index in [0.717, 1.165) is 29.8 Å². The Balaban J connectivity index is 1.71. The Morgan fingerprint density at radius 2 is 1.89 bits per heavy atom. The zero-order valence-corrected chi connectivity index (χ0v) is 13.3. The molecule has 3 fully saturated rings. The summed E-state index contributed by atoms with van der Waals surface area (Å²) >= 11 is 0. The van der Waals surface area contributed by atoms with Gasteiger partial charge in [-0.1, -0.05) is 20.3 Å². The van der Waals surface area contributed by atoms with Crippen molar-refractivity contribution in [1.82, 2.24) is 10.2 Å². The molecule has 0 aromatic rings. The number of rotatable bonds is 3. The first kappa shape index (κ1) is 13.9. The number of hydrogen-bond acceptors (Lipinski definition) is 2. The summed E-state index contributed by atoms with van der Waals surface area (Å²) in [7, 11) is 0. The van der Waals surface area contributed by atoms with E-state index < -0.39 is 0 Å². The Kier molecular flexibility index (Phi) is 3.68. The smallest absolute Gasteiger partial charge is 0.0309 e. The van der Waals surface area contributed by atoms with Gasteiger partial charge in [-0.25, -0.2) is 0 Å². The third-order valence-electron chi connectivity index (χ3n) is 6.49. The second-order valence-electron chi connectivity index (χ2n) is 7.77. The summed E-state index contributed by atoms with van der Waals surface area (Å²) in [5.41, 5.74) is 0.399. The minimum atomic E-state index is 0.399. The van der Waals surface area contributed by atoms with Gasteiger partial charge in [0, 0.05) is 30.7 Å². The van der Waals surface area contributed by atoms with Gasteiger partial charge in [0.2, 0.25) is 0 Å². The fourth-order valence-corrected chi connectivity index (χ4v) is 4.80. The topological polar surface area (TPSA) is 15.3 Å². The molecule has 0 bridgehead atoms. The second kappa shape index (κ2) is 5.04. The van der Waals surface area contributed by atoms with Crippen molar-refractivity contribution in [3.05, 3.63) is 0 Å². The monoisotopic (exact) mass is 264 g/mol. The van der Waals surface area contributed by atoms with Crippen LogP contribution >= 0.6 is 0 Å². The Hall–Kier alpha value is -0.0800. The number of piperazine rings is 1. The summed E-state index contributed by atoms with van der Waals surface area (Å²) < 4.78 is 0. The van der Waals surface area contributed by atoms with Crippen LogP contribution in [0.15, 0.2) is 0 Å². The van der Waals surface area contributed by atoms with Gasteiger partial charge in [-0.2, -0.15) is 0 Å². The number of nitrogens with zero attached hydrogens (tertiary/aromatic N) is 1. The molecule has 5 atom stereocenters. The lowest BCUT2D eigenvalue weighted by Gasteiger charge is -2.49. The van der Waals surface area contributed by atoms with Gasteiger partial charge in [0.1, 0.15) is 0 Å². The molecule has 2 nitrogen and oxygen atoms in total. The van der Waals surface area contributed by atoms with Crippen molar-refractivity contribution in [3.8, 4) is 0 Å². The van der Waals surface area contributed by atoms with E-state index in [1.807, 2.05) is 0 Å². The first-order chi connectivity index (χ1) is 9.05. The minimum absolute atomic E-state index is 0.399. The van der Waals surface area contributed by atoms with Crippen molar-refractivity contribution < 1.29 is 0 Å². The van der Waals surface area contributed by atoms with Gasteiger partial charge in [-0.3, -0.25) is 4.90 Å². The van der Waals surface area contributed by atoms with Crippen LogP contribution in [0.1, 0.15) is 59.8 Å². The zero-order valence-electron chi connectivity index (χ0n) is 13.3. The quantitative estimate of drug-likeness (QED) is 0.841. The van der Waals surface area contributed by atoms with E-state index in [0.29, 0.717) is 5.54 Å². The molecule has 3 aliphatic rings. The summed E-state index contributed by atoms with van der Waals surface area (Å²) in [4.78, 5) is 2.87. The summed E-state index contributed by atoms with van der Waals surface area (Å²) in [6, 6.07) is 1.56. The highest BCUT2D eigenvalue weighted by atomic mass is 15.3. The molecule has 3 rings (SSSR count). The zero-order chi connectivity index (χ0) is 13.6. The van der Waals surface area contributed by atoms with E-state index in [1.165, 1.54) is 45.2 Å². The van der Waals surface area contributed by atoms with E-state index >= 15 is 0 Å². The molecular formula is C17H32N2. The van der Waals surface area contributed by atoms with Crippen molar-refractivity contribution in [1.29, 1.82) is 0 Å². The molecule has 0 aromatic carbocycles. The molecule has 0 radical (unpaired) electrons. The second-order valence-corrected chi connectivity index (χ2v) is 7.77. The molecule has 1 N–H and O–H groups in total. The molecule has 110 valence electrons. The predicted octanol–water partition coefficient (Wildman–Crippen LogP) is 3.27. The molecule has 1 aliphatic heterocycles. The number of nitrogens with one attached hydrogen (secondary N) is 1. The molecule has 0 aromatic heterocycles. The minimum Gasteiger partial charge on any atom is -0.308 e. The normalized spacial score (nSPS) is 48.6. The van der Waals surface area contributed by atoms with Crippen LogP contribution in [0.4, 0.5) is 0 Å². The van der Waals surface area contributed by atoms with Crippen LogP contribution in [0, 0.1) is 17.8 Å². The lowest BCUT2D eigenvalue weighted by molar-refractivity contribution is 0.0302. The largest absolute Gasteiger partial charge is 0.308 e. The van der Waals surface area contributed by atoms with Crippen LogP contribution in [-0.2, 0) is 0 Å². The fourth-order valence-electron chi connectivity index (χ4n) is 4.80. The van der Waals surface area contributed by atoms with E-state index in [2.05, 4.69) is 37.9 Å². The maximum absolute atomic E-state index is 3.86. The molecule has 0 spiro atoms. The van der Waals surface area contributed by atoms with Crippen molar-refractivity contribution in [2.24, 2.45) is 17.8 Å². The Bertz CT molecular complexity index is 325. The first-order valence-corrected chi connectivity index (χ1v) is 8.56. The standard InChI is InChI=1S/C17H32N2/c1-5-14-6-9-16(13(14)3)19-11-17(4,15-7-8-15)18-10-12(19)2/h12-16,18H,5-11H2,1-4H3. The molecule has 2 aliphatic carbocycles. The van der Waals surface area contributed by atoms with Gasteiger partial charge in [0.05, 0.1) is 0 Å². The average molecular weight is 264 g/mol. The van der Waals surface area contributed by atoms with Gasteiger partial charge >= 0.3 is 0 Å². The predicted molar refractivity (Wildman–Crippen MR) is 81.3 cm³/mol. The van der Waals surface area contributed by atoms with Gasteiger partial charge in [-0.05, 0) is 57.3 Å². The van der Waals surface area contributed by atoms with E-state index in [9.17, 15) is 0 Å². The highest BCUT2D eigenvalue weighted by Gasteiger charge is 2.48. The van der Waals surface area contributed by atoms with E-state index in [4.69, 9.17) is 0 Å². The molecule has 1 saturated heterocycles. The molecular weight excluding hydrogens is 232 g/mol. The maximum Gasteiger partial charge on any atom is 0.0309 e. The van der Waals surface area contributed by atoms with Crippen LogP contribution in [0.25, 0.3) is 0 Å². The summed E-state index contributed by atoms with van der Waals surface area (Å²) in [5.74, 6) is 2.81. The van der Waals surface area contributed by atoms with Crippen LogP contribution in [0.2, 0.25) is 0 Å². The van der Waals surface area contributed by atoms with Gasteiger partial charge in [0.25, 0.3) is 0 Å². The third kappa shape index (κ3) is 2.47. The molecule has 19 heavy (non-hydrogen) atoms. The average Bonchev–Trinajstić information content (AvgIpc) is 3.18. The third-order valence-corrected chi connectivity index (χ3v) is 6.49. The SMILES string of the molecule is CCC1CCC(N2CC(C)(C3CC3)NCC2C)C1C. The van der Waals surface area contributed by atoms with Gasteiger partial charge < -0.3 is 5.32 Å². The van der Waals surface area contributed by atoms with Crippen molar-refractivity contribution >= 4 is 0 Å². The summed E-state index contributed by atoms with van der Waals surface area (Å²) in [5, 5.41) is 3.86. The number of hydrogen-bond donors (Lipinski definition) is 1. The molecule has 2 saturated carbocycles. The Morgan fingerprint density at radius 1 is 1.16 bits per heavy atom. The van der Waals surface area contributed by atoms with Crippen molar-refractivity contribution in [2.45, 2.75) is 77.4 Å². The van der Waals surface area contributed by atoms with Crippen molar-refractivity contribution in [3.63, 3.8) is 0 Å². The molecule has 5 unspecified atom stereocenters. The van der Waals surface area contributed by atoms with Crippen LogP contribution < -0.4 is 5.32 Å². The molecule has 2 heteroatoms. The van der Waals surface area contributed by atoms with Crippen LogP contribution in [-0.4, -0.2) is 35.6 Å². The Labute approximate surface area is 119 Å². The molecule has 0 amide bonds. The van der Waals surface area contributed by atoms with Crippen LogP contribution in [0.3, 0.4) is 0 Å². The van der Waals surface area contributed by atoms with Gasteiger partial charge in [0.15, 0.2) is 0 Å². The van der Waals surface area contributed by atoms with Crippen molar-refractivity contribution in [2.75, 3.05) is 13.1 Å². The highest BCUT2D eigenvalue weighted by molar-refractivity contribution is 5.05. The van der Waals surface area contributed by atoms with E-state index in [1.54, 1.807) is 0 Å². The van der Waals surface area contributed by atoms with Crippen LogP contribution in [0.5, 0.6) is 0 Å². The summed E-state index contributed by atoms with van der Waals surface area (Å²) in [6.45, 7) is 12.2. The lowest BCUT2D eigenvalue weighted by atomic mass is 9.87.